The monoisotopic (exact) mass is 364 g/mol. The summed E-state index contributed by atoms with van der Waals surface area (Å²) >= 11 is 0. The molecule has 1 aromatic carbocycles. The minimum atomic E-state index is -1.01. The van der Waals surface area contributed by atoms with E-state index in [0.717, 1.165) is 6.07 Å². The van der Waals surface area contributed by atoms with Crippen molar-refractivity contribution in [1.29, 1.82) is 0 Å². The lowest BCUT2D eigenvalue weighted by Gasteiger charge is -2.17. The van der Waals surface area contributed by atoms with E-state index in [2.05, 4.69) is 9.97 Å². The lowest BCUT2D eigenvalue weighted by Crippen LogP contribution is -2.16. The molecule has 3 aromatic heterocycles. The molecule has 3 heterocycles. The van der Waals surface area contributed by atoms with Crippen LogP contribution in [0.5, 0.6) is 0 Å². The molecular formula is C20H14F2N4O. The Kier molecular flexibility index (Phi) is 3.92. The van der Waals surface area contributed by atoms with Gasteiger partial charge < -0.3 is 10.1 Å². The number of aryl methyl sites for hydroxylation is 1. The van der Waals surface area contributed by atoms with Crippen LogP contribution >= 0.6 is 0 Å². The number of halogens is 2. The van der Waals surface area contributed by atoms with Crippen molar-refractivity contribution in [2.45, 2.75) is 6.92 Å². The third-order valence-corrected chi connectivity index (χ3v) is 4.48. The van der Waals surface area contributed by atoms with Gasteiger partial charge in [0.05, 0.1) is 29.3 Å². The maximum absolute atomic E-state index is 14.5. The van der Waals surface area contributed by atoms with Gasteiger partial charge in [-0.1, -0.05) is 18.2 Å². The Labute approximate surface area is 153 Å². The molecule has 4 aromatic rings. The molecule has 0 spiro atoms. The number of imidazole rings is 1. The predicted molar refractivity (Wildman–Crippen MR) is 97.0 cm³/mol. The molecule has 0 aliphatic heterocycles. The summed E-state index contributed by atoms with van der Waals surface area (Å²) in [5.74, 6) is -2.70. The summed E-state index contributed by atoms with van der Waals surface area (Å²) in [6.45, 7) is 1.64. The van der Waals surface area contributed by atoms with E-state index in [0.29, 0.717) is 22.3 Å². The van der Waals surface area contributed by atoms with Crippen LogP contribution in [0.1, 0.15) is 16.1 Å². The standard InChI is InChI=1S/C20H14F2N4O/c1-11-17(20(23)27)18(13-5-3-7-26-10-24-9-16(13)26)14(8-25-11)12-4-2-6-15(21)19(12)22/h2-10H,1H3,(H2,23,27). The van der Waals surface area contributed by atoms with Crippen molar-refractivity contribution >= 4 is 11.4 Å². The Morgan fingerprint density at radius 1 is 1.07 bits per heavy atom. The van der Waals surface area contributed by atoms with Gasteiger partial charge in [0.1, 0.15) is 0 Å². The number of aromatic nitrogens is 3. The summed E-state index contributed by atoms with van der Waals surface area (Å²) in [6, 6.07) is 7.43. The number of nitrogens with two attached hydrogens (primary N) is 1. The molecular weight excluding hydrogens is 350 g/mol. The van der Waals surface area contributed by atoms with Crippen molar-refractivity contribution < 1.29 is 13.6 Å². The zero-order valence-corrected chi connectivity index (χ0v) is 14.3. The molecule has 0 aliphatic rings. The molecule has 0 aliphatic carbocycles. The van der Waals surface area contributed by atoms with Gasteiger partial charge >= 0.3 is 0 Å². The van der Waals surface area contributed by atoms with Crippen molar-refractivity contribution in [3.63, 3.8) is 0 Å². The number of carbonyl (C=O) groups excluding carboxylic acids is 1. The largest absolute Gasteiger partial charge is 0.366 e. The van der Waals surface area contributed by atoms with Crippen LogP contribution in [-0.4, -0.2) is 20.3 Å². The van der Waals surface area contributed by atoms with Gasteiger partial charge in [0.2, 0.25) is 0 Å². The average Bonchev–Trinajstić information content (AvgIpc) is 3.12. The molecule has 5 nitrogen and oxygen atoms in total. The molecule has 0 bridgehead atoms. The minimum absolute atomic E-state index is 0.00141. The van der Waals surface area contributed by atoms with E-state index in [4.69, 9.17) is 5.73 Å². The van der Waals surface area contributed by atoms with E-state index >= 15 is 0 Å². The number of primary amides is 1. The van der Waals surface area contributed by atoms with Gasteiger partial charge in [-0.05, 0) is 19.1 Å². The van der Waals surface area contributed by atoms with E-state index in [-0.39, 0.29) is 16.7 Å². The molecule has 27 heavy (non-hydrogen) atoms. The molecule has 134 valence electrons. The highest BCUT2D eigenvalue weighted by atomic mass is 19.2. The van der Waals surface area contributed by atoms with Crippen molar-refractivity contribution in [2.24, 2.45) is 5.73 Å². The second kappa shape index (κ2) is 6.28. The van der Waals surface area contributed by atoms with Gasteiger partial charge in [-0.3, -0.25) is 9.78 Å². The van der Waals surface area contributed by atoms with E-state index in [9.17, 15) is 13.6 Å². The summed E-state index contributed by atoms with van der Waals surface area (Å²) < 4.78 is 30.1. The molecule has 1 amide bonds. The number of carbonyl (C=O) groups is 1. The van der Waals surface area contributed by atoms with Gasteiger partial charge in [0.25, 0.3) is 5.91 Å². The fourth-order valence-corrected chi connectivity index (χ4v) is 3.26. The third kappa shape index (κ3) is 2.64. The number of amides is 1. The number of pyridine rings is 2. The van der Waals surface area contributed by atoms with Gasteiger partial charge in [-0.15, -0.1) is 0 Å². The van der Waals surface area contributed by atoms with Crippen LogP contribution in [0.4, 0.5) is 8.78 Å². The Balaban J connectivity index is 2.16. The van der Waals surface area contributed by atoms with Crippen molar-refractivity contribution in [1.82, 2.24) is 14.4 Å². The van der Waals surface area contributed by atoms with E-state index in [1.165, 1.54) is 18.3 Å². The molecule has 7 heteroatoms. The quantitative estimate of drug-likeness (QED) is 0.602. The minimum Gasteiger partial charge on any atom is -0.366 e. The van der Waals surface area contributed by atoms with Crippen LogP contribution in [0.2, 0.25) is 0 Å². The van der Waals surface area contributed by atoms with E-state index in [1.54, 1.807) is 42.2 Å². The molecule has 2 N–H and O–H groups in total. The van der Waals surface area contributed by atoms with Crippen LogP contribution in [0.3, 0.4) is 0 Å². The first kappa shape index (κ1) is 16.8. The summed E-state index contributed by atoms with van der Waals surface area (Å²) in [7, 11) is 0. The Hall–Kier alpha value is -3.61. The molecule has 4 rings (SSSR count). The van der Waals surface area contributed by atoms with Crippen molar-refractivity contribution in [3.05, 3.63) is 78.1 Å². The SMILES string of the molecule is Cc1ncc(-c2cccc(F)c2F)c(-c2cccn3cncc23)c1C(N)=O. The lowest BCUT2D eigenvalue weighted by atomic mass is 9.90. The molecule has 0 saturated carbocycles. The summed E-state index contributed by atoms with van der Waals surface area (Å²) in [5.41, 5.74) is 8.17. The second-order valence-corrected chi connectivity index (χ2v) is 6.08. The second-order valence-electron chi connectivity index (χ2n) is 6.08. The predicted octanol–water partition coefficient (Wildman–Crippen LogP) is 3.75. The fraction of sp³-hybridized carbons (Fsp3) is 0.0500. The van der Waals surface area contributed by atoms with Crippen molar-refractivity contribution in [3.8, 4) is 22.3 Å². The fourth-order valence-electron chi connectivity index (χ4n) is 3.26. The summed E-state index contributed by atoms with van der Waals surface area (Å²) in [4.78, 5) is 20.5. The normalized spacial score (nSPS) is 11.1. The maximum atomic E-state index is 14.5. The van der Waals surface area contributed by atoms with Crippen LogP contribution < -0.4 is 5.73 Å². The van der Waals surface area contributed by atoms with E-state index < -0.39 is 17.5 Å². The molecule has 0 saturated heterocycles. The number of rotatable bonds is 3. The Morgan fingerprint density at radius 3 is 2.63 bits per heavy atom. The van der Waals surface area contributed by atoms with Crippen LogP contribution in [0.25, 0.3) is 27.8 Å². The van der Waals surface area contributed by atoms with Gasteiger partial charge in [0.15, 0.2) is 11.6 Å². The number of hydrogen-bond donors (Lipinski definition) is 1. The average molecular weight is 364 g/mol. The number of hydrogen-bond acceptors (Lipinski definition) is 3. The Morgan fingerprint density at radius 2 is 1.85 bits per heavy atom. The van der Waals surface area contributed by atoms with Crippen LogP contribution in [-0.2, 0) is 0 Å². The zero-order chi connectivity index (χ0) is 19.1. The summed E-state index contributed by atoms with van der Waals surface area (Å²) in [5, 5.41) is 0. The third-order valence-electron chi connectivity index (χ3n) is 4.48. The number of fused-ring (bicyclic) bond motifs is 1. The number of benzene rings is 1. The highest BCUT2D eigenvalue weighted by molar-refractivity contribution is 6.06. The molecule has 0 atom stereocenters. The van der Waals surface area contributed by atoms with E-state index in [1.807, 2.05) is 0 Å². The molecule has 0 fully saturated rings. The van der Waals surface area contributed by atoms with Gasteiger partial charge in [-0.25, -0.2) is 13.8 Å². The number of nitrogens with zero attached hydrogens (tertiary/aromatic N) is 3. The topological polar surface area (TPSA) is 73.3 Å². The van der Waals surface area contributed by atoms with Crippen molar-refractivity contribution in [2.75, 3.05) is 0 Å². The highest BCUT2D eigenvalue weighted by Crippen LogP contribution is 2.38. The maximum Gasteiger partial charge on any atom is 0.251 e. The van der Waals surface area contributed by atoms with Gasteiger partial charge in [0, 0.05) is 34.6 Å². The smallest absolute Gasteiger partial charge is 0.251 e. The lowest BCUT2D eigenvalue weighted by molar-refractivity contribution is 0.1000. The van der Waals surface area contributed by atoms with Crippen LogP contribution in [0, 0.1) is 18.6 Å². The first-order valence-corrected chi connectivity index (χ1v) is 8.14. The molecule has 0 unspecified atom stereocenters. The first-order valence-electron chi connectivity index (χ1n) is 8.14. The van der Waals surface area contributed by atoms with Gasteiger partial charge in [-0.2, -0.15) is 0 Å². The zero-order valence-electron chi connectivity index (χ0n) is 14.3. The Bertz CT molecular complexity index is 1200. The highest BCUT2D eigenvalue weighted by Gasteiger charge is 2.23. The first-order chi connectivity index (χ1) is 13.0. The molecule has 0 radical (unpaired) electrons. The summed E-state index contributed by atoms with van der Waals surface area (Å²) in [6.07, 6.45) is 6.46. The van der Waals surface area contributed by atoms with Crippen LogP contribution in [0.15, 0.2) is 55.2 Å².